The van der Waals surface area contributed by atoms with E-state index in [0.717, 1.165) is 42.1 Å². The number of benzene rings is 2. The van der Waals surface area contributed by atoms with Gasteiger partial charge in [0.05, 0.1) is 11.7 Å². The molecule has 0 bridgehead atoms. The number of aromatic nitrogens is 5. The maximum absolute atomic E-state index is 14.5. The minimum Gasteiger partial charge on any atom is -0.487 e. The molecule has 0 aliphatic heterocycles. The summed E-state index contributed by atoms with van der Waals surface area (Å²) in [6.45, 7) is 0. The summed E-state index contributed by atoms with van der Waals surface area (Å²) < 4.78 is 22.1. The third kappa shape index (κ3) is 3.74. The number of tetrazole rings is 1. The maximum atomic E-state index is 14.5. The van der Waals surface area contributed by atoms with Crippen LogP contribution in [0.15, 0.2) is 42.6 Å². The molecule has 2 heterocycles. The Morgan fingerprint density at radius 2 is 2.06 bits per heavy atom. The van der Waals surface area contributed by atoms with Gasteiger partial charge in [-0.25, -0.2) is 4.39 Å². The molecule has 31 heavy (non-hydrogen) atoms. The van der Waals surface area contributed by atoms with Gasteiger partial charge in [-0.2, -0.15) is 5.21 Å². The van der Waals surface area contributed by atoms with Crippen LogP contribution in [0, 0.1) is 5.82 Å². The van der Waals surface area contributed by atoms with E-state index in [0.29, 0.717) is 17.1 Å². The smallest absolute Gasteiger partial charge is 0.257 e. The Kier molecular flexibility index (Phi) is 4.85. The molecular weight excluding hydrogens is 399 g/mol. The molecule has 0 saturated heterocycles. The number of H-pyrrole nitrogens is 1. The van der Waals surface area contributed by atoms with Crippen LogP contribution in [0.5, 0.6) is 5.75 Å². The molecule has 158 valence electrons. The van der Waals surface area contributed by atoms with Crippen molar-refractivity contribution in [2.24, 2.45) is 7.05 Å². The fraction of sp³-hybridized carbons (Fsp3) is 0.273. The summed E-state index contributed by atoms with van der Waals surface area (Å²) in [6, 6.07) is 10.1. The fourth-order valence-corrected chi connectivity index (χ4v) is 4.05. The van der Waals surface area contributed by atoms with Gasteiger partial charge in [0.25, 0.3) is 5.91 Å². The van der Waals surface area contributed by atoms with Crippen molar-refractivity contribution in [3.63, 3.8) is 0 Å². The van der Waals surface area contributed by atoms with E-state index < -0.39 is 5.82 Å². The van der Waals surface area contributed by atoms with Gasteiger partial charge in [0.1, 0.15) is 0 Å². The average Bonchev–Trinajstić information content (AvgIpc) is 3.52. The number of ether oxygens (including phenoxy) is 1. The highest BCUT2D eigenvalue weighted by molar-refractivity contribution is 6.13. The van der Waals surface area contributed by atoms with Gasteiger partial charge >= 0.3 is 0 Å². The Balaban J connectivity index is 1.37. The van der Waals surface area contributed by atoms with Crippen molar-refractivity contribution in [1.29, 1.82) is 0 Å². The number of aryl methyl sites for hydroxylation is 1. The zero-order valence-electron chi connectivity index (χ0n) is 16.9. The molecule has 2 aromatic heterocycles. The minimum atomic E-state index is -0.479. The van der Waals surface area contributed by atoms with E-state index in [-0.39, 0.29) is 17.8 Å². The third-order valence-corrected chi connectivity index (χ3v) is 5.62. The lowest BCUT2D eigenvalue weighted by molar-refractivity contribution is 0.102. The van der Waals surface area contributed by atoms with Crippen LogP contribution < -0.4 is 10.1 Å². The van der Waals surface area contributed by atoms with Crippen LogP contribution in [0.4, 0.5) is 10.1 Å². The Bertz CT molecular complexity index is 1240. The molecule has 9 heteroatoms. The molecule has 0 spiro atoms. The summed E-state index contributed by atoms with van der Waals surface area (Å²) >= 11 is 0. The molecular formula is C22H21FN6O2. The second kappa shape index (κ2) is 7.82. The van der Waals surface area contributed by atoms with Crippen LogP contribution in [0.25, 0.3) is 22.3 Å². The van der Waals surface area contributed by atoms with Gasteiger partial charge in [-0.05, 0) is 49.1 Å². The van der Waals surface area contributed by atoms with Crippen LogP contribution in [0.2, 0.25) is 0 Å². The highest BCUT2D eigenvalue weighted by Gasteiger charge is 2.19. The Labute approximate surface area is 177 Å². The minimum absolute atomic E-state index is 0.0722. The highest BCUT2D eigenvalue weighted by Crippen LogP contribution is 2.29. The van der Waals surface area contributed by atoms with Crippen LogP contribution in [-0.2, 0) is 7.05 Å². The van der Waals surface area contributed by atoms with E-state index in [4.69, 9.17) is 4.74 Å². The number of nitrogens with one attached hydrogen (secondary N) is 2. The van der Waals surface area contributed by atoms with E-state index in [1.165, 1.54) is 6.07 Å². The first-order chi connectivity index (χ1) is 15.1. The summed E-state index contributed by atoms with van der Waals surface area (Å²) in [4.78, 5) is 12.9. The molecule has 5 rings (SSSR count). The van der Waals surface area contributed by atoms with E-state index in [1.807, 2.05) is 29.8 Å². The Morgan fingerprint density at radius 3 is 2.81 bits per heavy atom. The normalized spacial score (nSPS) is 14.3. The number of nitrogens with zero attached hydrogens (tertiary/aromatic N) is 4. The van der Waals surface area contributed by atoms with Gasteiger partial charge in [-0.15, -0.1) is 10.2 Å². The molecule has 1 amide bonds. The summed E-state index contributed by atoms with van der Waals surface area (Å²) in [5, 5.41) is 17.5. The van der Waals surface area contributed by atoms with Crippen molar-refractivity contribution < 1.29 is 13.9 Å². The molecule has 1 aliphatic carbocycles. The number of hydrogen-bond acceptors (Lipinski definition) is 5. The second-order valence-corrected chi connectivity index (χ2v) is 7.74. The Hall–Kier alpha value is -3.75. The van der Waals surface area contributed by atoms with Crippen molar-refractivity contribution in [3.05, 3.63) is 54.0 Å². The van der Waals surface area contributed by atoms with Gasteiger partial charge < -0.3 is 14.6 Å². The first-order valence-corrected chi connectivity index (χ1v) is 10.2. The van der Waals surface area contributed by atoms with Crippen LogP contribution >= 0.6 is 0 Å². The van der Waals surface area contributed by atoms with Gasteiger partial charge in [-0.3, -0.25) is 4.79 Å². The summed E-state index contributed by atoms with van der Waals surface area (Å²) in [5.74, 6) is -0.0947. The lowest BCUT2D eigenvalue weighted by Crippen LogP contribution is -2.13. The van der Waals surface area contributed by atoms with Gasteiger partial charge in [0, 0.05) is 41.5 Å². The number of halogens is 1. The lowest BCUT2D eigenvalue weighted by Gasteiger charge is -2.14. The third-order valence-electron chi connectivity index (χ3n) is 5.62. The number of anilines is 1. The molecule has 8 nitrogen and oxygen atoms in total. The predicted molar refractivity (Wildman–Crippen MR) is 113 cm³/mol. The molecule has 0 radical (unpaired) electrons. The number of hydrogen-bond donors (Lipinski definition) is 2. The molecule has 0 unspecified atom stereocenters. The molecule has 1 saturated carbocycles. The van der Waals surface area contributed by atoms with E-state index >= 15 is 0 Å². The van der Waals surface area contributed by atoms with Crippen molar-refractivity contribution >= 4 is 22.5 Å². The first kappa shape index (κ1) is 19.2. The number of carbonyl (C=O) groups is 1. The maximum Gasteiger partial charge on any atom is 0.257 e. The number of fused-ring (bicyclic) bond motifs is 1. The van der Waals surface area contributed by atoms with Crippen molar-refractivity contribution in [3.8, 4) is 17.1 Å². The topological polar surface area (TPSA) is 97.7 Å². The van der Waals surface area contributed by atoms with Crippen LogP contribution in [-0.4, -0.2) is 37.2 Å². The number of amides is 1. The fourth-order valence-electron chi connectivity index (χ4n) is 4.05. The van der Waals surface area contributed by atoms with E-state index in [9.17, 15) is 9.18 Å². The molecule has 0 atom stereocenters. The lowest BCUT2D eigenvalue weighted by atomic mass is 10.1. The van der Waals surface area contributed by atoms with Crippen molar-refractivity contribution in [1.82, 2.24) is 25.2 Å². The average molecular weight is 420 g/mol. The number of carbonyl (C=O) groups excluding carboxylic acids is 1. The SMILES string of the molecule is Cn1cc(C(=O)Nc2ccc(OC3CCCC3)c(F)c2)c2ccc(-c3nn[nH]n3)cc21. The standard InChI is InChI=1S/C22H21FN6O2/c1-29-12-17(16-8-6-13(10-19(16)29)21-25-27-28-26-21)22(30)24-14-7-9-20(18(23)11-14)31-15-4-2-3-5-15/h6-12,15H,2-5H2,1H3,(H,24,30)(H,25,26,27,28). The zero-order valence-corrected chi connectivity index (χ0v) is 16.9. The van der Waals surface area contributed by atoms with Crippen molar-refractivity contribution in [2.75, 3.05) is 5.32 Å². The van der Waals surface area contributed by atoms with Crippen molar-refractivity contribution in [2.45, 2.75) is 31.8 Å². The molecule has 2 N–H and O–H groups in total. The molecule has 2 aromatic carbocycles. The van der Waals surface area contributed by atoms with Gasteiger partial charge in [-0.1, -0.05) is 12.1 Å². The number of aromatic amines is 1. The molecule has 1 fully saturated rings. The quantitative estimate of drug-likeness (QED) is 0.507. The molecule has 4 aromatic rings. The van der Waals surface area contributed by atoms with Gasteiger partial charge in [0.2, 0.25) is 5.82 Å². The van der Waals surface area contributed by atoms with E-state index in [1.54, 1.807) is 18.3 Å². The monoisotopic (exact) mass is 420 g/mol. The Morgan fingerprint density at radius 1 is 1.23 bits per heavy atom. The van der Waals surface area contributed by atoms with Gasteiger partial charge in [0.15, 0.2) is 11.6 Å². The second-order valence-electron chi connectivity index (χ2n) is 7.74. The number of rotatable bonds is 5. The zero-order chi connectivity index (χ0) is 21.4. The first-order valence-electron chi connectivity index (χ1n) is 10.2. The summed E-state index contributed by atoms with van der Waals surface area (Å²) in [5.41, 5.74) is 2.50. The predicted octanol–water partition coefficient (Wildman–Crippen LogP) is 4.07. The van der Waals surface area contributed by atoms with E-state index in [2.05, 4.69) is 25.9 Å². The molecule has 1 aliphatic rings. The summed E-state index contributed by atoms with van der Waals surface area (Å²) in [7, 11) is 1.86. The highest BCUT2D eigenvalue weighted by atomic mass is 19.1. The van der Waals surface area contributed by atoms with Crippen LogP contribution in [0.3, 0.4) is 0 Å². The summed E-state index contributed by atoms with van der Waals surface area (Å²) in [6.07, 6.45) is 5.95. The largest absolute Gasteiger partial charge is 0.487 e. The van der Waals surface area contributed by atoms with Crippen LogP contribution in [0.1, 0.15) is 36.0 Å².